The van der Waals surface area contributed by atoms with Crippen molar-refractivity contribution in [2.75, 3.05) is 160 Å². The van der Waals surface area contributed by atoms with Gasteiger partial charge < -0.3 is 83.7 Å². The van der Waals surface area contributed by atoms with E-state index in [9.17, 15) is 62.6 Å². The Morgan fingerprint density at radius 2 is 0.730 bits per heavy atom. The number of amides is 2. The molecule has 0 bridgehead atoms. The Hall–Kier alpha value is -7.94. The van der Waals surface area contributed by atoms with Crippen molar-refractivity contribution in [1.82, 2.24) is 25.3 Å². The number of carboxylic acid groups (broad SMARTS) is 4. The van der Waals surface area contributed by atoms with Crippen LogP contribution < -0.4 is 10.6 Å². The highest BCUT2D eigenvalue weighted by atomic mass is 16.5. The minimum Gasteiger partial charge on any atom is -0.481 e. The molecule has 29 nitrogen and oxygen atoms in total. The maximum absolute atomic E-state index is 12.7. The number of carbonyl (C=O) groups excluding carboxylic acids is 8. The van der Waals surface area contributed by atoms with Crippen LogP contribution in [-0.2, 0) is 101 Å². The molecule has 3 aromatic carbocycles. The van der Waals surface area contributed by atoms with Crippen molar-refractivity contribution >= 4 is 70.4 Å². The largest absolute Gasteiger partial charge is 0.481 e. The zero-order valence-corrected chi connectivity index (χ0v) is 58.8. The van der Waals surface area contributed by atoms with Gasteiger partial charge in [0.25, 0.3) is 0 Å². The average molecular weight is 1410 g/mol. The van der Waals surface area contributed by atoms with E-state index in [-0.39, 0.29) is 144 Å². The van der Waals surface area contributed by atoms with Crippen LogP contribution in [0.5, 0.6) is 0 Å². The minimum atomic E-state index is -1.15. The van der Waals surface area contributed by atoms with Crippen molar-refractivity contribution in [1.29, 1.82) is 0 Å². The lowest BCUT2D eigenvalue weighted by Gasteiger charge is -2.16. The molecule has 0 heterocycles. The number of hydrogen-bond donors (Lipinski definition) is 6. The Morgan fingerprint density at radius 1 is 0.380 bits per heavy atom. The lowest BCUT2D eigenvalue weighted by Crippen LogP contribution is -2.31. The van der Waals surface area contributed by atoms with Crippen LogP contribution in [0.4, 0.5) is 0 Å². The molecule has 0 radical (unpaired) electrons. The summed E-state index contributed by atoms with van der Waals surface area (Å²) in [6, 6.07) is 21.5. The number of aliphatic carboxylic acids is 4. The summed E-state index contributed by atoms with van der Waals surface area (Å²) in [5.41, 5.74) is 4.68. The molecule has 0 saturated carbocycles. The second-order valence-electron chi connectivity index (χ2n) is 23.4. The van der Waals surface area contributed by atoms with Crippen LogP contribution in [0, 0.1) is 5.92 Å². The molecule has 0 aliphatic heterocycles. The van der Waals surface area contributed by atoms with E-state index < -0.39 is 29.8 Å². The van der Waals surface area contributed by atoms with Crippen LogP contribution in [0.15, 0.2) is 72.8 Å². The molecule has 0 spiro atoms. The van der Waals surface area contributed by atoms with Crippen LogP contribution in [0.3, 0.4) is 0 Å². The lowest BCUT2D eigenvalue weighted by atomic mass is 9.93. The molecule has 2 amide bonds. The van der Waals surface area contributed by atoms with Crippen molar-refractivity contribution in [2.24, 2.45) is 5.92 Å². The van der Waals surface area contributed by atoms with E-state index in [1.807, 2.05) is 53.1 Å². The van der Waals surface area contributed by atoms with Crippen molar-refractivity contribution in [3.05, 3.63) is 106 Å². The number of rotatable bonds is 58. The highest BCUT2D eigenvalue weighted by Crippen LogP contribution is 2.18. The van der Waals surface area contributed by atoms with Crippen LogP contribution in [0.1, 0.15) is 133 Å². The van der Waals surface area contributed by atoms with Gasteiger partial charge in [-0.1, -0.05) is 72.8 Å². The summed E-state index contributed by atoms with van der Waals surface area (Å²) in [5.74, 6) is -5.65. The third-order valence-corrected chi connectivity index (χ3v) is 14.1. The van der Waals surface area contributed by atoms with Gasteiger partial charge in [0.05, 0.1) is 91.2 Å². The Labute approximate surface area is 585 Å². The predicted octanol–water partition coefficient (Wildman–Crippen LogP) is 4.89. The van der Waals surface area contributed by atoms with Gasteiger partial charge in [-0.05, 0) is 77.9 Å². The molecule has 1 atom stereocenters. The number of nitrogens with zero attached hydrogens (tertiary/aromatic N) is 3. The normalized spacial score (nSPS) is 11.2. The van der Waals surface area contributed by atoms with Gasteiger partial charge in [0, 0.05) is 108 Å². The van der Waals surface area contributed by atoms with E-state index in [4.69, 9.17) is 53.2 Å². The second-order valence-corrected chi connectivity index (χ2v) is 23.4. The molecule has 3 rings (SSSR count). The lowest BCUT2D eigenvalue weighted by molar-refractivity contribution is -0.142. The Kier molecular flexibility index (Phi) is 51.1. The fourth-order valence-corrected chi connectivity index (χ4v) is 8.68. The third-order valence-electron chi connectivity index (χ3n) is 14.1. The van der Waals surface area contributed by atoms with Gasteiger partial charge in [0.15, 0.2) is 34.7 Å². The van der Waals surface area contributed by atoms with E-state index in [1.54, 1.807) is 55.6 Å². The Morgan fingerprint density at radius 3 is 1.12 bits per heavy atom. The fraction of sp³-hybridized carbons (Fsp3) is 0.577. The first-order chi connectivity index (χ1) is 47.7. The van der Waals surface area contributed by atoms with Crippen molar-refractivity contribution in [3.8, 4) is 0 Å². The van der Waals surface area contributed by atoms with E-state index in [0.717, 1.165) is 16.7 Å². The molecule has 6 N–H and O–H groups in total. The summed E-state index contributed by atoms with van der Waals surface area (Å²) >= 11 is 0. The third kappa shape index (κ3) is 51.2. The number of ether oxygens (including phenoxy) is 8. The molecular formula is C71H105N5O24. The van der Waals surface area contributed by atoms with Crippen molar-refractivity contribution in [3.63, 3.8) is 0 Å². The molecule has 0 saturated heterocycles. The van der Waals surface area contributed by atoms with Gasteiger partial charge in [-0.2, -0.15) is 0 Å². The molecule has 3 aromatic rings. The maximum atomic E-state index is 12.7. The number of nitrogens with one attached hydrogen (secondary N) is 2. The molecule has 0 aromatic heterocycles. The Balaban J connectivity index is 0.000000822. The summed E-state index contributed by atoms with van der Waals surface area (Å²) in [4.78, 5) is 142. The van der Waals surface area contributed by atoms with Crippen LogP contribution in [0.25, 0.3) is 0 Å². The highest BCUT2D eigenvalue weighted by molar-refractivity contribution is 5.98. The first-order valence-corrected chi connectivity index (χ1v) is 33.2. The van der Waals surface area contributed by atoms with Crippen LogP contribution in [0.2, 0.25) is 0 Å². The summed E-state index contributed by atoms with van der Waals surface area (Å²) in [5, 5.41) is 41.0. The van der Waals surface area contributed by atoms with Gasteiger partial charge in [-0.15, -0.1) is 0 Å². The minimum absolute atomic E-state index is 0.00372. The number of carbonyl (C=O) groups is 12. The second kappa shape index (κ2) is 56.8. The molecule has 558 valence electrons. The molecule has 29 heteroatoms. The monoisotopic (exact) mass is 1410 g/mol. The SMILES string of the molecule is CC(=O)COCCOCCCC(=O)COCCOCCNC(=O)CCC(CC(=O)c1ccc(CN(C)CCC(=O)O)cc1)C(=O)O.CC(=O)COCCOCCNC(=O)COCCOCCCC(=O)c1ccc(CN(C)CCC(=O)O)cc1.CC(=O)c1ccc(CN(C)CCC(=O)O)cc1. The summed E-state index contributed by atoms with van der Waals surface area (Å²) in [6.45, 7) is 12.0. The summed E-state index contributed by atoms with van der Waals surface area (Å²) in [7, 11) is 5.53. The summed E-state index contributed by atoms with van der Waals surface area (Å²) < 4.78 is 42.1. The van der Waals surface area contributed by atoms with E-state index in [2.05, 4.69) is 10.6 Å². The zero-order chi connectivity index (χ0) is 74.3. The zero-order valence-electron chi connectivity index (χ0n) is 58.8. The van der Waals surface area contributed by atoms with Crippen molar-refractivity contribution < 1.29 is 116 Å². The molecule has 100 heavy (non-hydrogen) atoms. The summed E-state index contributed by atoms with van der Waals surface area (Å²) in [6.07, 6.45) is 1.79. The smallest absolute Gasteiger partial charge is 0.306 e. The fourth-order valence-electron chi connectivity index (χ4n) is 8.68. The highest BCUT2D eigenvalue weighted by Gasteiger charge is 2.23. The number of Topliss-reactive ketones (excluding diaryl/α,β-unsaturated/α-hetero) is 6. The predicted molar refractivity (Wildman–Crippen MR) is 366 cm³/mol. The topological polar surface area (TPSA) is 393 Å². The van der Waals surface area contributed by atoms with Crippen LogP contribution >= 0.6 is 0 Å². The maximum Gasteiger partial charge on any atom is 0.306 e. The number of hydrogen-bond acceptors (Lipinski definition) is 23. The molecule has 0 fully saturated rings. The number of benzene rings is 3. The Bertz CT molecular complexity index is 2890. The number of carboxylic acids is 4. The van der Waals surface area contributed by atoms with Gasteiger partial charge in [-0.25, -0.2) is 0 Å². The van der Waals surface area contributed by atoms with Gasteiger partial charge in [0.2, 0.25) is 11.8 Å². The molecule has 1 unspecified atom stereocenters. The van der Waals surface area contributed by atoms with Crippen molar-refractivity contribution in [2.45, 2.75) is 105 Å². The van der Waals surface area contributed by atoms with Crippen LogP contribution in [-0.4, -0.2) is 265 Å². The first-order valence-electron chi connectivity index (χ1n) is 33.2. The van der Waals surface area contributed by atoms with E-state index in [1.165, 1.54) is 20.8 Å². The van der Waals surface area contributed by atoms with E-state index >= 15 is 0 Å². The van der Waals surface area contributed by atoms with Gasteiger partial charge in [0.1, 0.15) is 26.4 Å². The molecular weight excluding hydrogens is 1310 g/mol. The quantitative estimate of drug-likeness (QED) is 0.0323. The standard InChI is InChI=1S/C32H48N2O12.C26H40N2O9.C13H17NO3/c1-24(35)22-45-18-16-43-14-3-4-28(36)23-46-19-17-44-15-12-33-30(38)10-9-27(32(41)42)20-29(37)26-7-5-25(6-8-26)21-34(2)13-11-31(39)40;1-21(29)19-36-16-15-35-13-10-27-25(31)20-37-17-14-34-12-3-4-24(30)23-7-5-22(6-8-23)18-28(2)11-9-26(32)33;1-10(15)12-5-3-11(4-6-12)9-14(2)8-7-13(16)17/h5-8,27H,3-4,9-23H2,1-2H3,(H,33,38)(H,39,40)(H,41,42);5-8H,3-4,9-20H2,1-2H3,(H,27,31)(H,32,33);3-6H,7-9H2,1-2H3,(H,16,17). The first kappa shape index (κ1) is 90.1. The van der Waals surface area contributed by atoms with Gasteiger partial charge in [-0.3, -0.25) is 57.5 Å². The molecule has 0 aliphatic carbocycles. The van der Waals surface area contributed by atoms with E-state index in [0.29, 0.717) is 141 Å². The molecule has 0 aliphatic rings. The number of ketones is 6. The van der Waals surface area contributed by atoms with Gasteiger partial charge >= 0.3 is 23.9 Å². The average Bonchev–Trinajstić information content (AvgIpc) is 0.889.